The van der Waals surface area contributed by atoms with Gasteiger partial charge in [0.15, 0.2) is 0 Å². The zero-order valence-electron chi connectivity index (χ0n) is 11.0. The van der Waals surface area contributed by atoms with Crippen LogP contribution in [0.15, 0.2) is 12.5 Å². The van der Waals surface area contributed by atoms with Crippen molar-refractivity contribution in [2.45, 2.75) is 38.1 Å². The molecular weight excluding hydrogens is 250 g/mol. The van der Waals surface area contributed by atoms with Crippen LogP contribution in [0.4, 0.5) is 0 Å². The predicted molar refractivity (Wildman–Crippen MR) is 70.5 cm³/mol. The first kappa shape index (κ1) is 17.6. The van der Waals surface area contributed by atoms with Crippen LogP contribution in [0.1, 0.15) is 31.4 Å². The number of rotatable bonds is 8. The third-order valence-corrected chi connectivity index (χ3v) is 2.38. The molecule has 0 aliphatic heterocycles. The number of aromatic amines is 1. The number of nitrogens with one attached hydrogen (secondary N) is 1. The number of imidazole rings is 1. The van der Waals surface area contributed by atoms with Gasteiger partial charge < -0.3 is 26.0 Å². The summed E-state index contributed by atoms with van der Waals surface area (Å²) in [6.45, 7) is 0.566. The summed E-state index contributed by atoms with van der Waals surface area (Å²) in [5.74, 6) is -1.00. The fraction of sp³-hybridized carbons (Fsp3) is 0.667. The van der Waals surface area contributed by atoms with Gasteiger partial charge in [0.2, 0.25) is 0 Å². The smallest absolute Gasteiger partial charge is 0.320 e. The molecule has 0 radical (unpaired) electrons. The Labute approximate surface area is 112 Å². The maximum atomic E-state index is 10.3. The summed E-state index contributed by atoms with van der Waals surface area (Å²) < 4.78 is 0. The second-order valence-corrected chi connectivity index (χ2v) is 4.09. The lowest BCUT2D eigenvalue weighted by atomic mass is 10.2. The fourth-order valence-corrected chi connectivity index (χ4v) is 1.30. The number of unbranched alkanes of at least 4 members (excludes halogenated alkanes) is 3. The Kier molecular flexibility index (Phi) is 10.8. The minimum Gasteiger partial charge on any atom is -0.480 e. The van der Waals surface area contributed by atoms with E-state index in [0.717, 1.165) is 31.4 Å². The van der Waals surface area contributed by atoms with Crippen molar-refractivity contribution < 1.29 is 20.1 Å². The van der Waals surface area contributed by atoms with Gasteiger partial charge in [-0.15, -0.1) is 0 Å². The molecule has 7 heteroatoms. The van der Waals surface area contributed by atoms with Gasteiger partial charge in [0.1, 0.15) is 6.04 Å². The highest BCUT2D eigenvalue weighted by molar-refractivity contribution is 5.73. The number of carboxylic acid groups (broad SMARTS) is 1. The summed E-state index contributed by atoms with van der Waals surface area (Å²) in [5, 5.41) is 25.0. The van der Waals surface area contributed by atoms with Crippen LogP contribution in [-0.4, -0.2) is 50.5 Å². The topological polar surface area (TPSA) is 132 Å². The van der Waals surface area contributed by atoms with E-state index in [1.54, 1.807) is 6.20 Å². The van der Waals surface area contributed by atoms with Gasteiger partial charge in [-0.05, 0) is 12.8 Å². The molecule has 0 aliphatic carbocycles. The molecule has 0 amide bonds. The second-order valence-electron chi connectivity index (χ2n) is 4.09. The molecule has 7 nitrogen and oxygen atoms in total. The van der Waals surface area contributed by atoms with Crippen molar-refractivity contribution in [3.63, 3.8) is 0 Å². The van der Waals surface area contributed by atoms with Crippen LogP contribution < -0.4 is 5.73 Å². The van der Waals surface area contributed by atoms with E-state index in [4.69, 9.17) is 21.1 Å². The van der Waals surface area contributed by atoms with Gasteiger partial charge >= 0.3 is 5.97 Å². The minimum atomic E-state index is -1.00. The van der Waals surface area contributed by atoms with E-state index in [9.17, 15) is 4.79 Å². The monoisotopic (exact) mass is 273 g/mol. The van der Waals surface area contributed by atoms with Crippen LogP contribution in [0.5, 0.6) is 0 Å². The first-order valence-corrected chi connectivity index (χ1v) is 6.29. The summed E-state index contributed by atoms with van der Waals surface area (Å²) >= 11 is 0. The molecule has 19 heavy (non-hydrogen) atoms. The van der Waals surface area contributed by atoms with Crippen molar-refractivity contribution in [1.29, 1.82) is 0 Å². The molecule has 0 saturated heterocycles. The van der Waals surface area contributed by atoms with Crippen molar-refractivity contribution in [2.75, 3.05) is 13.2 Å². The molecule has 1 rings (SSSR count). The van der Waals surface area contributed by atoms with Crippen molar-refractivity contribution in [2.24, 2.45) is 5.73 Å². The Morgan fingerprint density at radius 2 is 1.84 bits per heavy atom. The van der Waals surface area contributed by atoms with Crippen molar-refractivity contribution in [3.05, 3.63) is 18.2 Å². The van der Waals surface area contributed by atoms with E-state index < -0.39 is 12.0 Å². The molecule has 0 bridgehead atoms. The van der Waals surface area contributed by atoms with Crippen LogP contribution in [0.25, 0.3) is 0 Å². The molecule has 0 aromatic carbocycles. The molecule has 6 N–H and O–H groups in total. The largest absolute Gasteiger partial charge is 0.480 e. The van der Waals surface area contributed by atoms with E-state index in [1.807, 2.05) is 0 Å². The van der Waals surface area contributed by atoms with E-state index in [-0.39, 0.29) is 19.6 Å². The second kappa shape index (κ2) is 11.6. The third kappa shape index (κ3) is 10.2. The quantitative estimate of drug-likeness (QED) is 0.420. The maximum absolute atomic E-state index is 10.3. The Morgan fingerprint density at radius 3 is 2.21 bits per heavy atom. The van der Waals surface area contributed by atoms with Gasteiger partial charge in [-0.1, -0.05) is 12.8 Å². The Hall–Kier alpha value is -1.44. The van der Waals surface area contributed by atoms with E-state index in [1.165, 1.54) is 6.33 Å². The minimum absolute atomic E-state index is 0.283. The summed E-state index contributed by atoms with van der Waals surface area (Å²) in [7, 11) is 0. The number of hydrogen-bond acceptors (Lipinski definition) is 5. The molecule has 1 atom stereocenters. The van der Waals surface area contributed by atoms with Gasteiger partial charge in [0.05, 0.1) is 6.33 Å². The van der Waals surface area contributed by atoms with Gasteiger partial charge in [-0.3, -0.25) is 4.79 Å². The van der Waals surface area contributed by atoms with E-state index in [2.05, 4.69) is 9.97 Å². The standard InChI is InChI=1S/C6H9N3O2.C6H14O2/c7-5(6(10)11)1-4-2-8-3-9-4;7-5-3-1-2-4-6-8/h2-3,5H,1,7H2,(H,8,9)(H,10,11);7-8H,1-6H2. The number of carboxylic acids is 1. The molecule has 0 spiro atoms. The van der Waals surface area contributed by atoms with E-state index in [0.29, 0.717) is 0 Å². The van der Waals surface area contributed by atoms with Crippen molar-refractivity contribution in [1.82, 2.24) is 9.97 Å². The highest BCUT2D eigenvalue weighted by atomic mass is 16.4. The summed E-state index contributed by atoms with van der Waals surface area (Å²) in [6, 6.07) is -0.851. The van der Waals surface area contributed by atoms with Crippen LogP contribution in [0.3, 0.4) is 0 Å². The predicted octanol–water partition coefficient (Wildman–Crippen LogP) is -0.105. The number of aliphatic hydroxyl groups excluding tert-OH is 2. The number of nitrogens with zero attached hydrogens (tertiary/aromatic N) is 1. The molecule has 0 saturated carbocycles. The van der Waals surface area contributed by atoms with Gasteiger partial charge in [0.25, 0.3) is 0 Å². The number of aromatic nitrogens is 2. The molecule has 1 heterocycles. The molecule has 1 aromatic heterocycles. The van der Waals surface area contributed by atoms with Gasteiger partial charge in [-0.25, -0.2) is 4.98 Å². The maximum Gasteiger partial charge on any atom is 0.320 e. The summed E-state index contributed by atoms with van der Waals surface area (Å²) in [4.78, 5) is 16.8. The highest BCUT2D eigenvalue weighted by Crippen LogP contribution is 1.96. The highest BCUT2D eigenvalue weighted by Gasteiger charge is 2.11. The zero-order chi connectivity index (χ0) is 14.5. The first-order valence-electron chi connectivity index (χ1n) is 6.29. The number of H-pyrrole nitrogens is 1. The lowest BCUT2D eigenvalue weighted by molar-refractivity contribution is -0.138. The van der Waals surface area contributed by atoms with Crippen molar-refractivity contribution in [3.8, 4) is 0 Å². The number of aliphatic carboxylic acids is 1. The van der Waals surface area contributed by atoms with Gasteiger partial charge in [0, 0.05) is 31.5 Å². The average molecular weight is 273 g/mol. The Bertz CT molecular complexity index is 311. The lowest BCUT2D eigenvalue weighted by Crippen LogP contribution is -2.32. The molecule has 1 aromatic rings. The number of nitrogens with two attached hydrogens (primary N) is 1. The van der Waals surface area contributed by atoms with Gasteiger partial charge in [-0.2, -0.15) is 0 Å². The molecule has 0 aliphatic rings. The van der Waals surface area contributed by atoms with Crippen molar-refractivity contribution >= 4 is 5.97 Å². The zero-order valence-corrected chi connectivity index (χ0v) is 11.0. The summed E-state index contributed by atoms with van der Waals surface area (Å²) in [5.41, 5.74) is 6.00. The molecule has 110 valence electrons. The third-order valence-electron chi connectivity index (χ3n) is 2.38. The summed E-state index contributed by atoms with van der Waals surface area (Å²) in [6.07, 6.45) is 7.16. The molecule has 1 unspecified atom stereocenters. The number of hydrogen-bond donors (Lipinski definition) is 5. The van der Waals surface area contributed by atoms with E-state index >= 15 is 0 Å². The SMILES string of the molecule is NC(Cc1cnc[nH]1)C(=O)O.OCCCCCCO. The normalized spacial score (nSPS) is 11.5. The molecular formula is C12H23N3O4. The van der Waals surface area contributed by atoms with Crippen LogP contribution in [0, 0.1) is 0 Å². The van der Waals surface area contributed by atoms with Crippen LogP contribution in [-0.2, 0) is 11.2 Å². The molecule has 0 fully saturated rings. The fourth-order valence-electron chi connectivity index (χ4n) is 1.30. The number of carbonyl (C=O) groups is 1. The number of aliphatic hydroxyl groups is 2. The Balaban J connectivity index is 0.000000362. The Morgan fingerprint density at radius 1 is 1.26 bits per heavy atom. The van der Waals surface area contributed by atoms with Crippen LogP contribution in [0.2, 0.25) is 0 Å². The lowest BCUT2D eigenvalue weighted by Gasteiger charge is -2.02. The van der Waals surface area contributed by atoms with Crippen LogP contribution >= 0.6 is 0 Å². The first-order chi connectivity index (χ1) is 9.11. The average Bonchev–Trinajstić information content (AvgIpc) is 2.88.